The van der Waals surface area contributed by atoms with Gasteiger partial charge in [0.05, 0.1) is 6.04 Å². The molecule has 0 spiro atoms. The van der Waals surface area contributed by atoms with Crippen LogP contribution in [0.1, 0.15) is 17.0 Å². The minimum atomic E-state index is -2.70. The number of benzene rings is 1. The number of rotatable bonds is 5. The van der Waals surface area contributed by atoms with Crippen molar-refractivity contribution in [2.24, 2.45) is 5.73 Å². The molecule has 0 aliphatic carbocycles. The van der Waals surface area contributed by atoms with Gasteiger partial charge in [-0.3, -0.25) is 10.1 Å². The van der Waals surface area contributed by atoms with E-state index < -0.39 is 23.4 Å². The molecule has 2 aromatic rings. The fourth-order valence-corrected chi connectivity index (χ4v) is 2.13. The number of hydrogen-bond acceptors (Lipinski definition) is 5. The molecule has 1 aromatic heterocycles. The van der Waals surface area contributed by atoms with Crippen LogP contribution in [0.2, 0.25) is 0 Å². The van der Waals surface area contributed by atoms with E-state index in [0.717, 1.165) is 5.56 Å². The lowest BCUT2D eigenvalue weighted by atomic mass is 10.1. The topological polar surface area (TPSA) is 80.9 Å². The van der Waals surface area contributed by atoms with E-state index in [1.807, 2.05) is 30.3 Å². The lowest BCUT2D eigenvalue weighted by Gasteiger charge is -2.10. The molecule has 5 nitrogen and oxygen atoms in total. The van der Waals surface area contributed by atoms with Crippen LogP contribution < -0.4 is 11.1 Å². The van der Waals surface area contributed by atoms with Crippen LogP contribution in [0.4, 0.5) is 13.9 Å². The standard InChI is InChI=1S/C12H12F2N4OS/c13-9(14)11-17-18-12(20-11)16-10(19)8(15)6-7-4-2-1-3-5-7/h1-5,8-9H,6,15H2,(H,16,18,19)/t8-/m0/s1. The van der Waals surface area contributed by atoms with E-state index in [-0.39, 0.29) is 5.13 Å². The second-order valence-electron chi connectivity index (χ2n) is 4.03. The van der Waals surface area contributed by atoms with Crippen LogP contribution in [0, 0.1) is 0 Å². The SMILES string of the molecule is N[C@@H](Cc1ccccc1)C(=O)Nc1nnc(C(F)F)s1. The van der Waals surface area contributed by atoms with E-state index in [1.54, 1.807) is 0 Å². The van der Waals surface area contributed by atoms with Gasteiger partial charge in [0.1, 0.15) is 0 Å². The second kappa shape index (κ2) is 6.49. The van der Waals surface area contributed by atoms with Crippen molar-refractivity contribution in [1.29, 1.82) is 0 Å². The van der Waals surface area contributed by atoms with E-state index in [0.29, 0.717) is 17.8 Å². The van der Waals surface area contributed by atoms with Crippen LogP contribution >= 0.6 is 11.3 Å². The predicted octanol–water partition coefficient (Wildman–Crippen LogP) is 1.98. The number of aromatic nitrogens is 2. The van der Waals surface area contributed by atoms with Gasteiger partial charge in [-0.25, -0.2) is 8.78 Å². The molecule has 0 fully saturated rings. The number of halogens is 2. The Labute approximate surface area is 117 Å². The van der Waals surface area contributed by atoms with Crippen LogP contribution in [0.3, 0.4) is 0 Å². The molecule has 0 aliphatic heterocycles. The zero-order valence-corrected chi connectivity index (χ0v) is 11.1. The molecule has 1 heterocycles. The molecule has 0 bridgehead atoms. The van der Waals surface area contributed by atoms with Crippen LogP contribution in [0.15, 0.2) is 30.3 Å². The van der Waals surface area contributed by atoms with Gasteiger partial charge in [-0.2, -0.15) is 0 Å². The summed E-state index contributed by atoms with van der Waals surface area (Å²) in [7, 11) is 0. The van der Waals surface area contributed by atoms with Crippen LogP contribution in [0.25, 0.3) is 0 Å². The van der Waals surface area contributed by atoms with E-state index in [4.69, 9.17) is 5.73 Å². The number of carbonyl (C=O) groups excluding carboxylic acids is 1. The van der Waals surface area contributed by atoms with Gasteiger partial charge in [-0.1, -0.05) is 41.7 Å². The Balaban J connectivity index is 1.93. The van der Waals surface area contributed by atoms with Gasteiger partial charge in [-0.05, 0) is 12.0 Å². The zero-order valence-electron chi connectivity index (χ0n) is 10.3. The molecule has 0 radical (unpaired) electrons. The van der Waals surface area contributed by atoms with Crippen LogP contribution in [-0.4, -0.2) is 22.1 Å². The van der Waals surface area contributed by atoms with E-state index in [1.165, 1.54) is 0 Å². The van der Waals surface area contributed by atoms with Crippen molar-refractivity contribution in [3.05, 3.63) is 40.9 Å². The lowest BCUT2D eigenvalue weighted by Crippen LogP contribution is -2.37. The lowest BCUT2D eigenvalue weighted by molar-refractivity contribution is -0.117. The molecule has 2 rings (SSSR count). The molecule has 8 heteroatoms. The van der Waals surface area contributed by atoms with Gasteiger partial charge >= 0.3 is 0 Å². The molecule has 106 valence electrons. The first kappa shape index (κ1) is 14.5. The smallest absolute Gasteiger partial charge is 0.291 e. The first-order valence-corrected chi connectivity index (χ1v) is 6.60. The van der Waals surface area contributed by atoms with E-state index >= 15 is 0 Å². The Morgan fingerprint density at radius 1 is 1.30 bits per heavy atom. The molecule has 20 heavy (non-hydrogen) atoms. The normalized spacial score (nSPS) is 12.4. The summed E-state index contributed by atoms with van der Waals surface area (Å²) in [5.41, 5.74) is 6.68. The van der Waals surface area contributed by atoms with E-state index in [2.05, 4.69) is 15.5 Å². The van der Waals surface area contributed by atoms with Crippen molar-refractivity contribution in [2.45, 2.75) is 18.9 Å². The fourth-order valence-electron chi connectivity index (χ4n) is 1.53. The van der Waals surface area contributed by atoms with Gasteiger partial charge in [0.15, 0.2) is 5.01 Å². The van der Waals surface area contributed by atoms with Crippen molar-refractivity contribution in [3.8, 4) is 0 Å². The number of nitrogens with one attached hydrogen (secondary N) is 1. The minimum absolute atomic E-state index is 0.0220. The summed E-state index contributed by atoms with van der Waals surface area (Å²) in [6.45, 7) is 0. The third-order valence-electron chi connectivity index (χ3n) is 2.49. The number of carbonyl (C=O) groups is 1. The predicted molar refractivity (Wildman–Crippen MR) is 71.6 cm³/mol. The van der Waals surface area contributed by atoms with Crippen molar-refractivity contribution in [2.75, 3.05) is 5.32 Å². The Kier molecular flexibility index (Phi) is 4.70. The molecule has 0 aliphatic rings. The average Bonchev–Trinajstić information content (AvgIpc) is 2.88. The van der Waals surface area contributed by atoms with Crippen molar-refractivity contribution in [3.63, 3.8) is 0 Å². The van der Waals surface area contributed by atoms with E-state index in [9.17, 15) is 13.6 Å². The van der Waals surface area contributed by atoms with Crippen molar-refractivity contribution < 1.29 is 13.6 Å². The summed E-state index contributed by atoms with van der Waals surface area (Å²) < 4.78 is 24.7. The average molecular weight is 298 g/mol. The second-order valence-corrected chi connectivity index (χ2v) is 5.04. The molecular formula is C12H12F2N4OS. The highest BCUT2D eigenvalue weighted by Crippen LogP contribution is 2.25. The Morgan fingerprint density at radius 2 is 2.00 bits per heavy atom. The maximum absolute atomic E-state index is 12.3. The van der Waals surface area contributed by atoms with Crippen molar-refractivity contribution in [1.82, 2.24) is 10.2 Å². The maximum atomic E-state index is 12.3. The molecule has 1 atom stereocenters. The highest BCUT2D eigenvalue weighted by molar-refractivity contribution is 7.15. The monoisotopic (exact) mass is 298 g/mol. The van der Waals surface area contributed by atoms with Crippen LogP contribution in [0.5, 0.6) is 0 Å². The number of amides is 1. The summed E-state index contributed by atoms with van der Waals surface area (Å²) in [6, 6.07) is 8.48. The summed E-state index contributed by atoms with van der Waals surface area (Å²) in [5.74, 6) is -0.481. The Morgan fingerprint density at radius 3 is 2.60 bits per heavy atom. The van der Waals surface area contributed by atoms with Gasteiger partial charge in [0.2, 0.25) is 11.0 Å². The first-order valence-electron chi connectivity index (χ1n) is 5.78. The third-order valence-corrected chi connectivity index (χ3v) is 3.34. The zero-order chi connectivity index (χ0) is 14.5. The Bertz CT molecular complexity index is 576. The molecule has 0 saturated carbocycles. The van der Waals surface area contributed by atoms with Gasteiger partial charge in [0.25, 0.3) is 6.43 Å². The van der Waals surface area contributed by atoms with Gasteiger partial charge in [-0.15, -0.1) is 10.2 Å². The molecule has 0 saturated heterocycles. The van der Waals surface area contributed by atoms with Crippen LogP contribution in [-0.2, 0) is 11.2 Å². The highest BCUT2D eigenvalue weighted by Gasteiger charge is 2.18. The fraction of sp³-hybridized carbons (Fsp3) is 0.250. The summed E-state index contributed by atoms with van der Waals surface area (Å²) in [4.78, 5) is 11.8. The third kappa shape index (κ3) is 3.78. The number of nitrogens with two attached hydrogens (primary N) is 1. The quantitative estimate of drug-likeness (QED) is 0.884. The molecule has 1 amide bonds. The Hall–Kier alpha value is -1.93. The minimum Gasteiger partial charge on any atom is -0.320 e. The first-order chi connectivity index (χ1) is 9.56. The van der Waals surface area contributed by atoms with Gasteiger partial charge < -0.3 is 5.73 Å². The molecule has 3 N–H and O–H groups in total. The molecule has 1 aromatic carbocycles. The molecule has 0 unspecified atom stereocenters. The summed E-state index contributed by atoms with van der Waals surface area (Å²) in [6.07, 6.45) is -2.34. The van der Waals surface area contributed by atoms with Crippen molar-refractivity contribution >= 4 is 22.4 Å². The largest absolute Gasteiger partial charge is 0.320 e. The number of anilines is 1. The maximum Gasteiger partial charge on any atom is 0.291 e. The highest BCUT2D eigenvalue weighted by atomic mass is 32.1. The number of alkyl halides is 2. The van der Waals surface area contributed by atoms with Gasteiger partial charge in [0, 0.05) is 0 Å². The summed E-state index contributed by atoms with van der Waals surface area (Å²) >= 11 is 0.633. The number of hydrogen-bond donors (Lipinski definition) is 2. The molecular weight excluding hydrogens is 286 g/mol. The number of nitrogens with zero attached hydrogens (tertiary/aromatic N) is 2. The summed E-state index contributed by atoms with van der Waals surface area (Å²) in [5, 5.41) is 8.72.